The first kappa shape index (κ1) is 27.9. The predicted molar refractivity (Wildman–Crippen MR) is 139 cm³/mol. The molecule has 9 nitrogen and oxygen atoms in total. The lowest BCUT2D eigenvalue weighted by Crippen LogP contribution is -2.35. The van der Waals surface area contributed by atoms with Crippen molar-refractivity contribution in [1.29, 1.82) is 0 Å². The number of hydrogen-bond donors (Lipinski definition) is 2. The molecule has 2 aliphatic rings. The van der Waals surface area contributed by atoms with Crippen LogP contribution < -0.4 is 15.5 Å². The van der Waals surface area contributed by atoms with Gasteiger partial charge in [0.25, 0.3) is 5.91 Å². The summed E-state index contributed by atoms with van der Waals surface area (Å²) in [7, 11) is 0. The highest BCUT2D eigenvalue weighted by Crippen LogP contribution is 2.14. The Morgan fingerprint density at radius 3 is 2.69 bits per heavy atom. The molecule has 1 atom stereocenters. The summed E-state index contributed by atoms with van der Waals surface area (Å²) in [6, 6.07) is 8.28. The predicted octanol–water partition coefficient (Wildman–Crippen LogP) is 3.33. The molecule has 2 heterocycles. The SMILES string of the molecule is CC\C(=N/C=C(C)/C=C/C(=O)NOC1CCCCO1)NCCOc1ccc(CN2CCOCC2)cc1. The fourth-order valence-corrected chi connectivity index (χ4v) is 3.73. The van der Waals surface area contributed by atoms with E-state index in [4.69, 9.17) is 19.0 Å². The molecule has 2 saturated heterocycles. The van der Waals surface area contributed by atoms with E-state index in [0.717, 1.165) is 75.7 Å². The van der Waals surface area contributed by atoms with Crippen LogP contribution in [0.5, 0.6) is 5.75 Å². The van der Waals surface area contributed by atoms with Crippen molar-refractivity contribution < 1.29 is 23.8 Å². The molecule has 1 aromatic rings. The molecule has 0 saturated carbocycles. The van der Waals surface area contributed by atoms with E-state index >= 15 is 0 Å². The maximum atomic E-state index is 11.9. The van der Waals surface area contributed by atoms with E-state index in [1.54, 1.807) is 12.3 Å². The third-order valence-electron chi connectivity index (χ3n) is 5.82. The zero-order chi connectivity index (χ0) is 25.4. The van der Waals surface area contributed by atoms with Crippen LogP contribution in [0, 0.1) is 0 Å². The van der Waals surface area contributed by atoms with Gasteiger partial charge in [-0.25, -0.2) is 15.3 Å². The quantitative estimate of drug-likeness (QED) is 0.114. The minimum Gasteiger partial charge on any atom is -0.492 e. The van der Waals surface area contributed by atoms with Gasteiger partial charge in [0.1, 0.15) is 18.2 Å². The number of hydrogen-bond acceptors (Lipinski definition) is 7. The van der Waals surface area contributed by atoms with E-state index in [1.165, 1.54) is 11.6 Å². The van der Waals surface area contributed by atoms with Crippen LogP contribution in [-0.2, 0) is 25.7 Å². The van der Waals surface area contributed by atoms with E-state index in [0.29, 0.717) is 19.8 Å². The van der Waals surface area contributed by atoms with Crippen molar-refractivity contribution in [3.63, 3.8) is 0 Å². The van der Waals surface area contributed by atoms with E-state index in [9.17, 15) is 4.79 Å². The molecular formula is C27H40N4O5. The zero-order valence-corrected chi connectivity index (χ0v) is 21.5. The Labute approximate surface area is 214 Å². The van der Waals surface area contributed by atoms with Crippen LogP contribution >= 0.6 is 0 Å². The van der Waals surface area contributed by atoms with E-state index in [1.807, 2.05) is 26.0 Å². The Balaban J connectivity index is 1.33. The van der Waals surface area contributed by atoms with Crippen LogP contribution in [0.3, 0.4) is 0 Å². The highest BCUT2D eigenvalue weighted by atomic mass is 16.8. The lowest BCUT2D eigenvalue weighted by Gasteiger charge is -2.26. The number of morpholine rings is 1. The van der Waals surface area contributed by atoms with E-state index < -0.39 is 0 Å². The fourth-order valence-electron chi connectivity index (χ4n) is 3.73. The van der Waals surface area contributed by atoms with Crippen LogP contribution in [0.2, 0.25) is 0 Å². The molecule has 36 heavy (non-hydrogen) atoms. The van der Waals surface area contributed by atoms with Crippen molar-refractivity contribution in [2.45, 2.75) is 52.4 Å². The van der Waals surface area contributed by atoms with Crippen molar-refractivity contribution in [3.8, 4) is 5.75 Å². The molecular weight excluding hydrogens is 460 g/mol. The second-order valence-corrected chi connectivity index (χ2v) is 8.82. The Kier molecular flexibility index (Phi) is 12.5. The molecule has 1 unspecified atom stereocenters. The number of nitrogens with zero attached hydrogens (tertiary/aromatic N) is 2. The summed E-state index contributed by atoms with van der Waals surface area (Å²) < 4.78 is 16.7. The van der Waals surface area contributed by atoms with Crippen LogP contribution in [0.25, 0.3) is 0 Å². The summed E-state index contributed by atoms with van der Waals surface area (Å²) in [5.74, 6) is 1.38. The van der Waals surface area contributed by atoms with Gasteiger partial charge in [-0.2, -0.15) is 0 Å². The number of aliphatic imine (C=N–C) groups is 1. The first-order chi connectivity index (χ1) is 17.6. The molecule has 2 aliphatic heterocycles. The standard InChI is InChI=1S/C27H40N4O5/c1-3-25(29-20-22(2)7-12-26(32)30-36-27-6-4-5-16-35-27)28-13-17-34-24-10-8-23(9-11-24)21-31-14-18-33-19-15-31/h7-12,20,27H,3-6,13-19,21H2,1-2H3,(H,28,29)(H,30,32)/b12-7+,22-20+. The van der Waals surface area contributed by atoms with Gasteiger partial charge in [0, 0.05) is 51.4 Å². The number of amidine groups is 1. The van der Waals surface area contributed by atoms with Gasteiger partial charge in [-0.3, -0.25) is 9.69 Å². The number of hydroxylamine groups is 1. The van der Waals surface area contributed by atoms with Gasteiger partial charge in [0.05, 0.1) is 19.8 Å². The largest absolute Gasteiger partial charge is 0.492 e. The average molecular weight is 501 g/mol. The smallest absolute Gasteiger partial charge is 0.267 e. The number of rotatable bonds is 12. The molecule has 1 amide bonds. The highest BCUT2D eigenvalue weighted by molar-refractivity contribution is 5.87. The number of ether oxygens (including phenoxy) is 3. The molecule has 0 radical (unpaired) electrons. The number of nitrogens with one attached hydrogen (secondary N) is 2. The van der Waals surface area contributed by atoms with Crippen molar-refractivity contribution in [2.24, 2.45) is 4.99 Å². The average Bonchev–Trinajstić information content (AvgIpc) is 2.92. The van der Waals surface area contributed by atoms with Gasteiger partial charge in [0.2, 0.25) is 0 Å². The molecule has 9 heteroatoms. The second-order valence-electron chi connectivity index (χ2n) is 8.82. The summed E-state index contributed by atoms with van der Waals surface area (Å²) >= 11 is 0. The molecule has 198 valence electrons. The van der Waals surface area contributed by atoms with Gasteiger partial charge in [-0.1, -0.05) is 25.1 Å². The van der Waals surface area contributed by atoms with E-state index in [-0.39, 0.29) is 12.2 Å². The zero-order valence-electron chi connectivity index (χ0n) is 21.5. The fraction of sp³-hybridized carbons (Fsp3) is 0.556. The van der Waals surface area contributed by atoms with Crippen LogP contribution in [0.15, 0.2) is 53.2 Å². The summed E-state index contributed by atoms with van der Waals surface area (Å²) in [5.41, 5.74) is 4.53. The maximum absolute atomic E-state index is 11.9. The molecule has 0 aromatic heterocycles. The lowest BCUT2D eigenvalue weighted by molar-refractivity contribution is -0.198. The normalized spacial score (nSPS) is 19.9. The second kappa shape index (κ2) is 16.1. The summed E-state index contributed by atoms with van der Waals surface area (Å²) in [4.78, 5) is 24.1. The molecule has 3 rings (SSSR count). The van der Waals surface area contributed by atoms with Crippen molar-refractivity contribution in [3.05, 3.63) is 53.8 Å². The Bertz CT molecular complexity index is 873. The summed E-state index contributed by atoms with van der Waals surface area (Å²) in [6.07, 6.45) is 8.11. The van der Waals surface area contributed by atoms with Crippen molar-refractivity contribution in [1.82, 2.24) is 15.7 Å². The molecule has 2 fully saturated rings. The molecule has 0 aliphatic carbocycles. The Hall–Kier alpha value is -2.72. The monoisotopic (exact) mass is 500 g/mol. The number of carbonyl (C=O) groups is 1. The highest BCUT2D eigenvalue weighted by Gasteiger charge is 2.15. The topological polar surface area (TPSA) is 93.7 Å². The molecule has 0 spiro atoms. The first-order valence-corrected chi connectivity index (χ1v) is 12.9. The minimum atomic E-state index is -0.362. The van der Waals surface area contributed by atoms with Crippen LogP contribution in [0.1, 0.15) is 45.1 Å². The number of allylic oxidation sites excluding steroid dienone is 2. The van der Waals surface area contributed by atoms with E-state index in [2.05, 4.69) is 32.8 Å². The molecule has 1 aromatic carbocycles. The third kappa shape index (κ3) is 10.9. The van der Waals surface area contributed by atoms with Crippen LogP contribution in [0.4, 0.5) is 0 Å². The van der Waals surface area contributed by atoms with Crippen molar-refractivity contribution >= 4 is 11.7 Å². The maximum Gasteiger partial charge on any atom is 0.267 e. The van der Waals surface area contributed by atoms with Gasteiger partial charge in [-0.05, 0) is 43.0 Å². The third-order valence-corrected chi connectivity index (χ3v) is 5.82. The number of carbonyl (C=O) groups excluding carboxylic acids is 1. The van der Waals surface area contributed by atoms with Gasteiger partial charge in [-0.15, -0.1) is 0 Å². The Morgan fingerprint density at radius 2 is 1.97 bits per heavy atom. The number of amides is 1. The van der Waals surface area contributed by atoms with Gasteiger partial charge in [0.15, 0.2) is 6.29 Å². The summed E-state index contributed by atoms with van der Waals surface area (Å²) in [6.45, 7) is 10.3. The Morgan fingerprint density at radius 1 is 1.17 bits per heavy atom. The summed E-state index contributed by atoms with van der Waals surface area (Å²) in [5, 5.41) is 3.31. The first-order valence-electron chi connectivity index (χ1n) is 12.9. The van der Waals surface area contributed by atoms with Gasteiger partial charge >= 0.3 is 0 Å². The van der Waals surface area contributed by atoms with Crippen LogP contribution in [-0.4, -0.2) is 69.0 Å². The number of benzene rings is 1. The molecule has 2 N–H and O–H groups in total. The lowest BCUT2D eigenvalue weighted by atomic mass is 10.2. The van der Waals surface area contributed by atoms with Crippen molar-refractivity contribution in [2.75, 3.05) is 46.1 Å². The minimum absolute atomic E-state index is 0.332. The molecule has 0 bridgehead atoms. The van der Waals surface area contributed by atoms with Gasteiger partial charge < -0.3 is 19.5 Å².